The van der Waals surface area contributed by atoms with Gasteiger partial charge < -0.3 is 14.8 Å². The molecule has 194 valence electrons. The van der Waals surface area contributed by atoms with Crippen LogP contribution >= 0.6 is 50.5 Å². The molecule has 1 N–H and O–H groups in total. The summed E-state index contributed by atoms with van der Waals surface area (Å²) in [6.07, 6.45) is 0. The van der Waals surface area contributed by atoms with Crippen molar-refractivity contribution in [3.8, 4) is 22.1 Å². The lowest BCUT2D eigenvalue weighted by atomic mass is 10.1. The van der Waals surface area contributed by atoms with Gasteiger partial charge >= 0.3 is 0 Å². The molecule has 0 amide bonds. The molecule has 0 saturated carbocycles. The Kier molecular flexibility index (Phi) is 8.44. The maximum atomic E-state index is 6.14. The number of aryl methyl sites for hydroxylation is 1. The van der Waals surface area contributed by atoms with E-state index in [-0.39, 0.29) is 0 Å². The number of hydrogen-bond acceptors (Lipinski definition) is 5. The third-order valence-corrected chi connectivity index (χ3v) is 8.30. The second kappa shape index (κ2) is 12.0. The van der Waals surface area contributed by atoms with Crippen LogP contribution < -0.4 is 14.8 Å². The summed E-state index contributed by atoms with van der Waals surface area (Å²) in [6.45, 7) is 5.56. The molecule has 0 fully saturated rings. The molecule has 0 unspecified atom stereocenters. The molecule has 0 aliphatic rings. The molecular weight excluding hydrogens is 603 g/mol. The zero-order valence-corrected chi connectivity index (χ0v) is 24.8. The van der Waals surface area contributed by atoms with E-state index in [2.05, 4.69) is 70.6 Å². The van der Waals surface area contributed by atoms with Crippen molar-refractivity contribution in [3.63, 3.8) is 0 Å². The van der Waals surface area contributed by atoms with E-state index < -0.39 is 0 Å². The van der Waals surface area contributed by atoms with Gasteiger partial charge in [-0.25, -0.2) is 4.98 Å². The summed E-state index contributed by atoms with van der Waals surface area (Å²) in [5.74, 6) is 1.33. The minimum absolute atomic E-state index is 0.341. The van der Waals surface area contributed by atoms with E-state index in [0.717, 1.165) is 37.4 Å². The number of rotatable bonds is 9. The third-order valence-electron chi connectivity index (χ3n) is 5.91. The highest BCUT2D eigenvalue weighted by Gasteiger charge is 2.14. The van der Waals surface area contributed by atoms with Crippen molar-refractivity contribution in [2.24, 2.45) is 0 Å². The van der Waals surface area contributed by atoms with Crippen molar-refractivity contribution >= 4 is 66.4 Å². The fourth-order valence-corrected chi connectivity index (χ4v) is 6.00. The van der Waals surface area contributed by atoms with Gasteiger partial charge in [-0.3, -0.25) is 0 Å². The average Bonchev–Trinajstić information content (AvgIpc) is 3.33. The zero-order chi connectivity index (χ0) is 26.6. The lowest BCUT2D eigenvalue weighted by Crippen LogP contribution is -2.04. The molecule has 38 heavy (non-hydrogen) atoms. The molecule has 0 spiro atoms. The standard InChI is InChI=1S/C30H25BrCl2N2O2S/c1-3-36-27-15-20(13-23(31)29(27)37-17-19-5-10-24(32)25(33)14-19)16-34-22-8-6-21(7-9-22)30-35-26-11-4-18(2)12-28(26)38-30/h4-15,34H,3,16-17H2,1-2H3. The number of halogens is 3. The normalized spacial score (nSPS) is 11.1. The van der Waals surface area contributed by atoms with Crippen LogP contribution in [-0.2, 0) is 13.2 Å². The number of hydrogen-bond donors (Lipinski definition) is 1. The lowest BCUT2D eigenvalue weighted by molar-refractivity contribution is 0.267. The fraction of sp³-hybridized carbons (Fsp3) is 0.167. The Morgan fingerprint density at radius 1 is 0.895 bits per heavy atom. The summed E-state index contributed by atoms with van der Waals surface area (Å²) in [5, 5.41) is 5.54. The van der Waals surface area contributed by atoms with Gasteiger partial charge in [-0.05, 0) is 107 Å². The molecule has 1 aromatic heterocycles. The zero-order valence-electron chi connectivity index (χ0n) is 20.9. The van der Waals surface area contributed by atoms with Crippen LogP contribution in [0.1, 0.15) is 23.6 Å². The molecule has 5 aromatic rings. The van der Waals surface area contributed by atoms with Gasteiger partial charge in [0.15, 0.2) is 11.5 Å². The predicted octanol–water partition coefficient (Wildman–Crippen LogP) is 9.93. The summed E-state index contributed by atoms with van der Waals surface area (Å²) in [7, 11) is 0. The summed E-state index contributed by atoms with van der Waals surface area (Å²) >= 11 is 17.6. The molecule has 8 heteroatoms. The number of fused-ring (bicyclic) bond motifs is 1. The number of anilines is 1. The fourth-order valence-electron chi connectivity index (χ4n) is 4.00. The van der Waals surface area contributed by atoms with Crippen LogP contribution in [0.4, 0.5) is 5.69 Å². The third kappa shape index (κ3) is 6.26. The molecule has 0 atom stereocenters. The van der Waals surface area contributed by atoms with Crippen LogP contribution in [0.2, 0.25) is 10.0 Å². The summed E-state index contributed by atoms with van der Waals surface area (Å²) in [6, 6.07) is 24.3. The van der Waals surface area contributed by atoms with E-state index in [1.165, 1.54) is 10.3 Å². The van der Waals surface area contributed by atoms with Crippen LogP contribution in [0.25, 0.3) is 20.8 Å². The maximum Gasteiger partial charge on any atom is 0.175 e. The van der Waals surface area contributed by atoms with Crippen molar-refractivity contribution in [1.29, 1.82) is 0 Å². The first-order valence-corrected chi connectivity index (χ1v) is 14.5. The molecule has 0 saturated heterocycles. The number of benzene rings is 4. The number of nitrogens with one attached hydrogen (secondary N) is 1. The molecule has 0 bridgehead atoms. The van der Waals surface area contributed by atoms with Crippen LogP contribution in [0, 0.1) is 6.92 Å². The van der Waals surface area contributed by atoms with Gasteiger partial charge in [-0.2, -0.15) is 0 Å². The van der Waals surface area contributed by atoms with E-state index >= 15 is 0 Å². The average molecular weight is 628 g/mol. The molecule has 4 aromatic carbocycles. The molecule has 4 nitrogen and oxygen atoms in total. The number of aromatic nitrogens is 1. The van der Waals surface area contributed by atoms with E-state index in [4.69, 9.17) is 37.7 Å². The first kappa shape index (κ1) is 26.8. The van der Waals surface area contributed by atoms with E-state index in [0.29, 0.717) is 41.3 Å². The molecule has 1 heterocycles. The monoisotopic (exact) mass is 626 g/mol. The molecule has 5 rings (SSSR count). The second-order valence-corrected chi connectivity index (χ2v) is 11.5. The Hall–Kier alpha value is -2.77. The molecule has 0 radical (unpaired) electrons. The minimum Gasteiger partial charge on any atom is -0.490 e. The Labute approximate surface area is 244 Å². The summed E-state index contributed by atoms with van der Waals surface area (Å²) < 4.78 is 14.0. The first-order chi connectivity index (χ1) is 18.4. The van der Waals surface area contributed by atoms with Gasteiger partial charge in [0.1, 0.15) is 11.6 Å². The highest BCUT2D eigenvalue weighted by Crippen LogP contribution is 2.38. The Balaban J connectivity index is 1.27. The van der Waals surface area contributed by atoms with Gasteiger partial charge in [-0.1, -0.05) is 35.3 Å². The largest absolute Gasteiger partial charge is 0.490 e. The van der Waals surface area contributed by atoms with E-state index in [9.17, 15) is 0 Å². The Bertz CT molecular complexity index is 1590. The van der Waals surface area contributed by atoms with Gasteiger partial charge in [0.2, 0.25) is 0 Å². The molecule has 0 aliphatic carbocycles. The van der Waals surface area contributed by atoms with Crippen molar-refractivity contribution in [1.82, 2.24) is 4.98 Å². The van der Waals surface area contributed by atoms with Crippen LogP contribution in [0.15, 0.2) is 77.3 Å². The van der Waals surface area contributed by atoms with E-state index in [1.807, 2.05) is 25.1 Å². The summed E-state index contributed by atoms with van der Waals surface area (Å²) in [5.41, 5.74) is 6.41. The van der Waals surface area contributed by atoms with Crippen molar-refractivity contribution in [2.45, 2.75) is 27.0 Å². The van der Waals surface area contributed by atoms with Gasteiger partial charge in [0, 0.05) is 17.8 Å². The highest BCUT2D eigenvalue weighted by molar-refractivity contribution is 9.10. The van der Waals surface area contributed by atoms with Crippen LogP contribution in [-0.4, -0.2) is 11.6 Å². The SMILES string of the molecule is CCOc1cc(CNc2ccc(-c3nc4ccc(C)cc4s3)cc2)cc(Br)c1OCc1ccc(Cl)c(Cl)c1. The quantitative estimate of drug-likeness (QED) is 0.177. The van der Waals surface area contributed by atoms with Crippen LogP contribution in [0.3, 0.4) is 0 Å². The lowest BCUT2D eigenvalue weighted by Gasteiger charge is -2.16. The maximum absolute atomic E-state index is 6.14. The molecular formula is C30H25BrCl2N2O2S. The van der Waals surface area contributed by atoms with Crippen molar-refractivity contribution < 1.29 is 9.47 Å². The van der Waals surface area contributed by atoms with Gasteiger partial charge in [-0.15, -0.1) is 11.3 Å². The Morgan fingerprint density at radius 2 is 1.71 bits per heavy atom. The van der Waals surface area contributed by atoms with Crippen LogP contribution in [0.5, 0.6) is 11.5 Å². The van der Waals surface area contributed by atoms with E-state index in [1.54, 1.807) is 23.5 Å². The first-order valence-electron chi connectivity index (χ1n) is 12.1. The van der Waals surface area contributed by atoms with Gasteiger partial charge in [0.25, 0.3) is 0 Å². The number of thiazole rings is 1. The van der Waals surface area contributed by atoms with Crippen molar-refractivity contribution in [3.05, 3.63) is 104 Å². The number of nitrogens with zero attached hydrogens (tertiary/aromatic N) is 1. The molecule has 0 aliphatic heterocycles. The summed E-state index contributed by atoms with van der Waals surface area (Å²) in [4.78, 5) is 4.79. The number of ether oxygens (including phenoxy) is 2. The smallest absolute Gasteiger partial charge is 0.175 e. The predicted molar refractivity (Wildman–Crippen MR) is 163 cm³/mol. The van der Waals surface area contributed by atoms with Crippen molar-refractivity contribution in [2.75, 3.05) is 11.9 Å². The minimum atomic E-state index is 0.341. The topological polar surface area (TPSA) is 43.4 Å². The second-order valence-electron chi connectivity index (χ2n) is 8.80. The Morgan fingerprint density at radius 3 is 2.47 bits per heavy atom. The highest BCUT2D eigenvalue weighted by atomic mass is 79.9. The van der Waals surface area contributed by atoms with Gasteiger partial charge in [0.05, 0.1) is 31.3 Å².